The van der Waals surface area contributed by atoms with Crippen molar-refractivity contribution in [2.24, 2.45) is 5.92 Å². The lowest BCUT2D eigenvalue weighted by atomic mass is 9.86. The van der Waals surface area contributed by atoms with Gasteiger partial charge in [-0.05, 0) is 29.2 Å². The first-order valence-corrected chi connectivity index (χ1v) is 9.67. The Bertz CT molecular complexity index is 757. The van der Waals surface area contributed by atoms with Crippen LogP contribution in [0, 0.1) is 5.92 Å². The van der Waals surface area contributed by atoms with E-state index in [4.69, 9.17) is 4.74 Å². The van der Waals surface area contributed by atoms with Gasteiger partial charge in [0.15, 0.2) is 6.61 Å². The van der Waals surface area contributed by atoms with Gasteiger partial charge >= 0.3 is 5.97 Å². The largest absolute Gasteiger partial charge is 0.455 e. The second-order valence-corrected chi connectivity index (χ2v) is 7.22. The molecule has 1 N–H and O–H groups in total. The van der Waals surface area contributed by atoms with Gasteiger partial charge in [0.25, 0.3) is 5.91 Å². The summed E-state index contributed by atoms with van der Waals surface area (Å²) in [6, 6.07) is 17.5. The number of esters is 1. The van der Waals surface area contributed by atoms with E-state index in [9.17, 15) is 9.59 Å². The summed E-state index contributed by atoms with van der Waals surface area (Å²) in [7, 11) is 3.96. The molecule has 2 aromatic carbocycles. The third-order valence-corrected chi connectivity index (χ3v) is 4.91. The van der Waals surface area contributed by atoms with Crippen LogP contribution < -0.4 is 10.2 Å². The van der Waals surface area contributed by atoms with Gasteiger partial charge in [-0.25, -0.2) is 0 Å². The molecule has 0 heterocycles. The van der Waals surface area contributed by atoms with Crippen molar-refractivity contribution in [3.63, 3.8) is 0 Å². The fraction of sp³-hybridized carbons (Fsp3) is 0.391. The van der Waals surface area contributed by atoms with E-state index in [1.165, 1.54) is 0 Å². The second kappa shape index (κ2) is 10.5. The minimum absolute atomic E-state index is 0.133. The number of carbonyl (C=O) groups is 2. The molecule has 0 fully saturated rings. The van der Waals surface area contributed by atoms with E-state index in [1.807, 2.05) is 87.4 Å². The van der Waals surface area contributed by atoms with Crippen LogP contribution in [0.2, 0.25) is 0 Å². The zero-order chi connectivity index (χ0) is 20.5. The van der Waals surface area contributed by atoms with E-state index < -0.39 is 0 Å². The molecule has 150 valence electrons. The molecular weight excluding hydrogens is 352 g/mol. The molecule has 2 aromatic rings. The first kappa shape index (κ1) is 21.5. The first-order chi connectivity index (χ1) is 13.4. The lowest BCUT2D eigenvalue weighted by Gasteiger charge is -2.21. The van der Waals surface area contributed by atoms with Gasteiger partial charge in [-0.1, -0.05) is 62.7 Å². The monoisotopic (exact) mass is 382 g/mol. The summed E-state index contributed by atoms with van der Waals surface area (Å²) >= 11 is 0. The highest BCUT2D eigenvalue weighted by atomic mass is 16.5. The lowest BCUT2D eigenvalue weighted by Crippen LogP contribution is -2.30. The van der Waals surface area contributed by atoms with E-state index in [-0.39, 0.29) is 30.3 Å². The summed E-state index contributed by atoms with van der Waals surface area (Å²) in [5.74, 6) is -0.891. The Hall–Kier alpha value is -2.82. The van der Waals surface area contributed by atoms with E-state index in [1.54, 1.807) is 0 Å². The smallest absolute Gasteiger partial charge is 0.314 e. The maximum Gasteiger partial charge on any atom is 0.314 e. The van der Waals surface area contributed by atoms with Crippen LogP contribution in [0.25, 0.3) is 0 Å². The van der Waals surface area contributed by atoms with Gasteiger partial charge in [-0.15, -0.1) is 0 Å². The van der Waals surface area contributed by atoms with Crippen LogP contribution in [0.15, 0.2) is 54.6 Å². The Morgan fingerprint density at radius 3 is 2.25 bits per heavy atom. The molecule has 1 amide bonds. The maximum atomic E-state index is 12.6. The average Bonchev–Trinajstić information content (AvgIpc) is 2.71. The summed E-state index contributed by atoms with van der Waals surface area (Å²) in [4.78, 5) is 26.7. The van der Waals surface area contributed by atoms with Crippen LogP contribution in [-0.4, -0.2) is 32.6 Å². The van der Waals surface area contributed by atoms with Crippen molar-refractivity contribution < 1.29 is 14.3 Å². The Morgan fingerprint density at radius 1 is 1.04 bits per heavy atom. The van der Waals surface area contributed by atoms with E-state index in [2.05, 4.69) is 5.32 Å². The van der Waals surface area contributed by atoms with Crippen molar-refractivity contribution in [3.05, 3.63) is 65.7 Å². The highest BCUT2D eigenvalue weighted by Gasteiger charge is 2.27. The highest BCUT2D eigenvalue weighted by Crippen LogP contribution is 2.28. The first-order valence-electron chi connectivity index (χ1n) is 9.67. The quantitative estimate of drug-likeness (QED) is 0.671. The van der Waals surface area contributed by atoms with Crippen molar-refractivity contribution in [2.75, 3.05) is 25.6 Å². The molecule has 28 heavy (non-hydrogen) atoms. The minimum Gasteiger partial charge on any atom is -0.455 e. The topological polar surface area (TPSA) is 58.6 Å². The molecule has 0 aliphatic carbocycles. The minimum atomic E-state index is -0.363. The van der Waals surface area contributed by atoms with Crippen LogP contribution in [0.3, 0.4) is 0 Å². The summed E-state index contributed by atoms with van der Waals surface area (Å²) in [5, 5.41) is 2.80. The van der Waals surface area contributed by atoms with Crippen molar-refractivity contribution >= 4 is 17.6 Å². The molecule has 2 atom stereocenters. The fourth-order valence-corrected chi connectivity index (χ4v) is 2.98. The van der Waals surface area contributed by atoms with Gasteiger partial charge in [-0.3, -0.25) is 9.59 Å². The fourth-order valence-electron chi connectivity index (χ4n) is 2.98. The molecule has 0 saturated heterocycles. The molecule has 0 aliphatic heterocycles. The summed E-state index contributed by atoms with van der Waals surface area (Å²) in [6.45, 7) is 4.20. The van der Waals surface area contributed by atoms with Gasteiger partial charge in [0.1, 0.15) is 0 Å². The standard InChI is InChI=1S/C23H30N2O3/c1-5-17(2)22(19-9-7-6-8-10-19)23(27)28-16-21(26)24-15-18-11-13-20(14-12-18)25(3)4/h6-14,17,22H,5,15-16H2,1-4H3,(H,24,26)/t17-,22+/m0/s1. The number of amides is 1. The molecule has 2 rings (SSSR count). The van der Waals surface area contributed by atoms with E-state index in [0.29, 0.717) is 6.54 Å². The third-order valence-electron chi connectivity index (χ3n) is 4.91. The number of hydrogen-bond acceptors (Lipinski definition) is 4. The van der Waals surface area contributed by atoms with Crippen molar-refractivity contribution in [3.8, 4) is 0 Å². The van der Waals surface area contributed by atoms with Crippen molar-refractivity contribution in [1.29, 1.82) is 0 Å². The molecule has 0 aromatic heterocycles. The third kappa shape index (κ3) is 6.12. The second-order valence-electron chi connectivity index (χ2n) is 7.22. The van der Waals surface area contributed by atoms with Gasteiger partial charge in [0, 0.05) is 26.3 Å². The molecule has 5 nitrogen and oxygen atoms in total. The van der Waals surface area contributed by atoms with Crippen molar-refractivity contribution in [1.82, 2.24) is 5.32 Å². The zero-order valence-corrected chi connectivity index (χ0v) is 17.1. The van der Waals surface area contributed by atoms with Gasteiger partial charge < -0.3 is 15.0 Å². The molecule has 0 spiro atoms. The van der Waals surface area contributed by atoms with Crippen molar-refractivity contribution in [2.45, 2.75) is 32.7 Å². The van der Waals surface area contributed by atoms with Gasteiger partial charge in [0.05, 0.1) is 5.92 Å². The van der Waals surface area contributed by atoms with Crippen LogP contribution >= 0.6 is 0 Å². The Kier molecular flexibility index (Phi) is 8.05. The Labute approximate surface area is 167 Å². The van der Waals surface area contributed by atoms with E-state index >= 15 is 0 Å². The predicted molar refractivity (Wildman–Crippen MR) is 112 cm³/mol. The predicted octanol–water partition coefficient (Wildman–Crippen LogP) is 3.74. The van der Waals surface area contributed by atoms with Gasteiger partial charge in [0.2, 0.25) is 0 Å². The van der Waals surface area contributed by atoms with Gasteiger partial charge in [-0.2, -0.15) is 0 Å². The molecule has 0 unspecified atom stereocenters. The number of carbonyl (C=O) groups excluding carboxylic acids is 2. The normalized spacial score (nSPS) is 12.7. The SMILES string of the molecule is CC[C@H](C)[C@@H](C(=O)OCC(=O)NCc1ccc(N(C)C)cc1)c1ccccc1. The van der Waals surface area contributed by atoms with Crippen LogP contribution in [-0.2, 0) is 20.9 Å². The number of anilines is 1. The zero-order valence-electron chi connectivity index (χ0n) is 17.1. The van der Waals surface area contributed by atoms with Crippen LogP contribution in [0.1, 0.15) is 37.3 Å². The highest BCUT2D eigenvalue weighted by molar-refractivity contribution is 5.83. The Balaban J connectivity index is 1.87. The number of nitrogens with zero attached hydrogens (tertiary/aromatic N) is 1. The number of hydrogen-bond donors (Lipinski definition) is 1. The molecule has 0 bridgehead atoms. The lowest BCUT2D eigenvalue weighted by molar-refractivity contribution is -0.151. The maximum absolute atomic E-state index is 12.6. The number of rotatable bonds is 9. The molecule has 0 radical (unpaired) electrons. The number of benzene rings is 2. The van der Waals surface area contributed by atoms with E-state index in [0.717, 1.165) is 23.2 Å². The summed E-state index contributed by atoms with van der Waals surface area (Å²) < 4.78 is 5.32. The Morgan fingerprint density at radius 2 is 1.68 bits per heavy atom. The summed E-state index contributed by atoms with van der Waals surface area (Å²) in [5.41, 5.74) is 3.01. The number of nitrogens with one attached hydrogen (secondary N) is 1. The molecular formula is C23H30N2O3. The average molecular weight is 383 g/mol. The molecule has 5 heteroatoms. The van der Waals surface area contributed by atoms with Crippen LogP contribution in [0.5, 0.6) is 0 Å². The molecule has 0 aliphatic rings. The summed E-state index contributed by atoms with van der Waals surface area (Å²) in [6.07, 6.45) is 0.851. The molecule has 0 saturated carbocycles. The van der Waals surface area contributed by atoms with Crippen LogP contribution in [0.4, 0.5) is 5.69 Å². The number of ether oxygens (including phenoxy) is 1.